The van der Waals surface area contributed by atoms with Crippen molar-refractivity contribution in [3.63, 3.8) is 0 Å². The van der Waals surface area contributed by atoms with E-state index in [-0.39, 0.29) is 0 Å². The van der Waals surface area contributed by atoms with Crippen LogP contribution in [0.1, 0.15) is 294 Å². The third-order valence-corrected chi connectivity index (χ3v) is 21.4. The van der Waals surface area contributed by atoms with E-state index in [1.807, 2.05) is 12.3 Å². The first kappa shape index (κ1) is 78.8. The molecule has 8 nitrogen and oxygen atoms in total. The summed E-state index contributed by atoms with van der Waals surface area (Å²) in [5.41, 5.74) is 6.10. The fourth-order valence-electron chi connectivity index (χ4n) is 14.3. The summed E-state index contributed by atoms with van der Waals surface area (Å²) in [6.45, 7) is 77.9. The Morgan fingerprint density at radius 2 is 0.750 bits per heavy atom. The Bertz CT molecular complexity index is 2080. The molecule has 0 spiro atoms. The van der Waals surface area contributed by atoms with Gasteiger partial charge < -0.3 is 5.32 Å². The van der Waals surface area contributed by atoms with Gasteiger partial charge in [-0.05, 0) is 317 Å². The molecule has 10 aliphatic rings. The monoisotopic (exact) mass is 1230 g/mol. The number of hydrogen-bond donors (Lipinski definition) is 1. The van der Waals surface area contributed by atoms with Gasteiger partial charge in [0.05, 0.1) is 5.52 Å². The summed E-state index contributed by atoms with van der Waals surface area (Å²) < 4.78 is 0. The molecule has 4 saturated carbocycles. The quantitative estimate of drug-likeness (QED) is 0.303. The number of piperidine rings is 3. The highest BCUT2D eigenvalue weighted by atomic mass is 15.2. The van der Waals surface area contributed by atoms with E-state index in [0.29, 0.717) is 50.0 Å². The fourth-order valence-corrected chi connectivity index (χ4v) is 14.3. The Hall–Kier alpha value is -1.65. The molecular formula is C80H152N8. The lowest BCUT2D eigenvalue weighted by molar-refractivity contribution is 0.0690. The number of hydrogen-bond acceptors (Lipinski definition) is 8. The molecule has 0 radical (unpaired) electrons. The van der Waals surface area contributed by atoms with Crippen molar-refractivity contribution < 1.29 is 0 Å². The Kier molecular flexibility index (Phi) is 31.0. The zero-order valence-electron chi connectivity index (χ0n) is 63.8. The van der Waals surface area contributed by atoms with Crippen LogP contribution >= 0.6 is 0 Å². The van der Waals surface area contributed by atoms with Gasteiger partial charge in [-0.1, -0.05) is 92.9 Å². The Labute approximate surface area is 549 Å². The van der Waals surface area contributed by atoms with Crippen molar-refractivity contribution in [2.45, 2.75) is 322 Å². The maximum atomic E-state index is 4.32. The highest BCUT2D eigenvalue weighted by Crippen LogP contribution is 2.47. The molecule has 10 fully saturated rings. The van der Waals surface area contributed by atoms with Crippen LogP contribution in [0.5, 0.6) is 0 Å². The number of rotatable bonds is 1. The molecule has 512 valence electrons. The summed E-state index contributed by atoms with van der Waals surface area (Å²) in [5.74, 6) is 6.85. The standard InChI is InChI=1S/C12H13N.C11H21N.C9H17N.C9H19N.C9H18.C8H18N2.C8H17N.C7H15N.C7H14/c1-9(2)10-5-3-7-12-11(10)6-4-8-13-12;1-11(2,3)12-7-9-4-5-10(6-9)8-12;1-9(2,3)10-5-7-4-8(7)6-10;1-9(2,3)10-7-5-4-6-8-10;1-9(2,3)8-6-4-5-7-8;1-8(2,3)10-6-4-9-5-7-10;1-8(2,3)9-6-4-5-7-9;1-7(2,3)8-5-4-6-8;1-7(2,3)6-4-5-6/h3-9H,1-2H3;9-10H,4-8H2,1-3H3;7-8H,4-6H2,1-3H3;4-8H2,1-3H3;8H,4-7H2,1-3H3;9H,4-7H2,1-3H3;4-7H2,1-3H3;4-6H2,1-3H3;6H,4-5H2,1-3H3. The maximum absolute atomic E-state index is 4.32. The maximum Gasteiger partial charge on any atom is 0.0704 e. The fraction of sp³-hybridized carbons (Fsp3) is 0.887. The molecule has 1 N–H and O–H groups in total. The van der Waals surface area contributed by atoms with Crippen LogP contribution < -0.4 is 5.32 Å². The third-order valence-electron chi connectivity index (χ3n) is 21.4. The number of nitrogens with one attached hydrogen (secondary N) is 1. The van der Waals surface area contributed by atoms with E-state index in [1.54, 1.807) is 0 Å². The summed E-state index contributed by atoms with van der Waals surface area (Å²) >= 11 is 0. The number of benzene rings is 1. The van der Waals surface area contributed by atoms with Crippen molar-refractivity contribution in [1.82, 2.24) is 39.7 Å². The predicted molar refractivity (Wildman–Crippen MR) is 390 cm³/mol. The second-order valence-corrected chi connectivity index (χ2v) is 37.5. The molecular weight excluding hydrogens is 1070 g/mol. The molecule has 2 bridgehead atoms. The number of pyridine rings is 1. The first-order valence-electron chi connectivity index (χ1n) is 37.1. The Morgan fingerprint density at radius 1 is 0.375 bits per heavy atom. The highest BCUT2D eigenvalue weighted by Gasteiger charge is 2.47. The number of aromatic nitrogens is 1. The highest BCUT2D eigenvalue weighted by molar-refractivity contribution is 5.82. The molecule has 2 aromatic rings. The topological polar surface area (TPSA) is 44.4 Å². The number of likely N-dealkylation sites (tertiary alicyclic amines) is 5. The number of nitrogens with zero attached hydrogens (tertiary/aromatic N) is 7. The largest absolute Gasteiger partial charge is 0.314 e. The molecule has 1 aromatic carbocycles. The van der Waals surface area contributed by atoms with Gasteiger partial charge in [-0.25, -0.2) is 0 Å². The van der Waals surface area contributed by atoms with E-state index >= 15 is 0 Å². The summed E-state index contributed by atoms with van der Waals surface area (Å²) in [5, 5.41) is 4.62. The van der Waals surface area contributed by atoms with Gasteiger partial charge in [-0.15, -0.1) is 0 Å². The van der Waals surface area contributed by atoms with Gasteiger partial charge in [-0.2, -0.15) is 0 Å². The molecule has 6 saturated heterocycles. The van der Waals surface area contributed by atoms with Crippen LogP contribution in [0.25, 0.3) is 10.9 Å². The van der Waals surface area contributed by atoms with Crippen molar-refractivity contribution in [2.75, 3.05) is 91.6 Å². The molecule has 4 unspecified atom stereocenters. The van der Waals surface area contributed by atoms with Crippen molar-refractivity contribution in [3.8, 4) is 0 Å². The Morgan fingerprint density at radius 3 is 1.06 bits per heavy atom. The van der Waals surface area contributed by atoms with Gasteiger partial charge in [0.2, 0.25) is 0 Å². The van der Waals surface area contributed by atoms with E-state index in [4.69, 9.17) is 0 Å². The van der Waals surface area contributed by atoms with Crippen LogP contribution in [0.15, 0.2) is 36.5 Å². The molecule has 12 rings (SSSR count). The zero-order chi connectivity index (χ0) is 66.1. The normalized spacial score (nSPS) is 25.1. The summed E-state index contributed by atoms with van der Waals surface area (Å²) in [4.78, 5) is 19.8. The van der Waals surface area contributed by atoms with Crippen molar-refractivity contribution in [3.05, 3.63) is 42.1 Å². The third kappa shape index (κ3) is 29.3. The van der Waals surface area contributed by atoms with E-state index < -0.39 is 0 Å². The smallest absolute Gasteiger partial charge is 0.0704 e. The molecule has 8 heteroatoms. The van der Waals surface area contributed by atoms with E-state index in [9.17, 15) is 0 Å². The average molecular weight is 1230 g/mol. The van der Waals surface area contributed by atoms with Crippen LogP contribution in [0.2, 0.25) is 0 Å². The van der Waals surface area contributed by atoms with Gasteiger partial charge >= 0.3 is 0 Å². The first-order valence-corrected chi connectivity index (χ1v) is 37.1. The van der Waals surface area contributed by atoms with Crippen LogP contribution in [-0.2, 0) is 0 Å². The lowest BCUT2D eigenvalue weighted by atomic mass is 9.80. The Balaban J connectivity index is 0.000000213. The SMILES string of the molecule is CC(C)(C)C1CC1.CC(C)(C)C1CCCC1.CC(C)(C)N1CC2CC2C1.CC(C)(C)N1CC2CCC(C2)C1.CC(C)(C)N1CCC1.CC(C)(C)N1CCCC1.CC(C)(C)N1CCCCC1.CC(C)(C)N1CCNCC1.CC(C)c1cccc2ncccc12. The van der Waals surface area contributed by atoms with E-state index in [2.05, 4.69) is 244 Å². The van der Waals surface area contributed by atoms with Gasteiger partial charge in [-0.3, -0.25) is 34.4 Å². The minimum atomic E-state index is 0.363. The molecule has 6 aliphatic heterocycles. The second kappa shape index (κ2) is 34.7. The van der Waals surface area contributed by atoms with Crippen molar-refractivity contribution >= 4 is 10.9 Å². The van der Waals surface area contributed by atoms with Crippen LogP contribution in [0.3, 0.4) is 0 Å². The summed E-state index contributed by atoms with van der Waals surface area (Å²) in [6, 6.07) is 10.4. The minimum Gasteiger partial charge on any atom is -0.314 e. The van der Waals surface area contributed by atoms with Crippen molar-refractivity contribution in [2.24, 2.45) is 46.3 Å². The summed E-state index contributed by atoms with van der Waals surface area (Å²) in [6.07, 6.45) is 25.2. The number of fused-ring (bicyclic) bond motifs is 4. The van der Waals surface area contributed by atoms with Gasteiger partial charge in [0, 0.05) is 97.2 Å². The first-order chi connectivity index (χ1) is 40.5. The van der Waals surface area contributed by atoms with Gasteiger partial charge in [0.25, 0.3) is 0 Å². The molecule has 4 aliphatic carbocycles. The second-order valence-electron chi connectivity index (χ2n) is 37.5. The lowest BCUT2D eigenvalue weighted by Crippen LogP contribution is -2.51. The molecule has 0 amide bonds. The van der Waals surface area contributed by atoms with E-state index in [0.717, 1.165) is 54.1 Å². The molecule has 1 aromatic heterocycles. The summed E-state index contributed by atoms with van der Waals surface area (Å²) in [7, 11) is 0. The van der Waals surface area contributed by atoms with Gasteiger partial charge in [0.1, 0.15) is 0 Å². The van der Waals surface area contributed by atoms with Crippen LogP contribution in [0.4, 0.5) is 0 Å². The molecule has 4 atom stereocenters. The zero-order valence-corrected chi connectivity index (χ0v) is 63.8. The average Bonchev–Trinajstić information content (AvgIpc) is 2.45. The van der Waals surface area contributed by atoms with Crippen molar-refractivity contribution in [1.29, 1.82) is 0 Å². The van der Waals surface area contributed by atoms with E-state index in [1.165, 1.54) is 192 Å². The molecule has 88 heavy (non-hydrogen) atoms. The lowest BCUT2D eigenvalue weighted by Gasteiger charge is -2.42. The molecule has 7 heterocycles. The number of piperazine rings is 1. The predicted octanol–water partition coefficient (Wildman–Crippen LogP) is 19.6. The van der Waals surface area contributed by atoms with Crippen LogP contribution in [-0.4, -0.2) is 159 Å². The minimum absolute atomic E-state index is 0.363. The van der Waals surface area contributed by atoms with Crippen LogP contribution in [0, 0.1) is 46.3 Å². The van der Waals surface area contributed by atoms with Gasteiger partial charge in [0.15, 0.2) is 0 Å².